The normalized spacial score (nSPS) is 19.0. The number of esters is 1. The Morgan fingerprint density at radius 1 is 1.07 bits per heavy atom. The first-order chi connectivity index (χ1) is 13.2. The number of carbonyl (C=O) groups excluding carboxylic acids is 2. The lowest BCUT2D eigenvalue weighted by atomic mass is 10.0. The molecule has 1 saturated heterocycles. The summed E-state index contributed by atoms with van der Waals surface area (Å²) in [6, 6.07) is 12.9. The molecular weight excluding hydrogens is 382 g/mol. The number of amides is 1. The molecule has 1 heterocycles. The van der Waals surface area contributed by atoms with Crippen LogP contribution in [0.3, 0.4) is 0 Å². The third-order valence-corrected chi connectivity index (χ3v) is 6.32. The monoisotopic (exact) mass is 403 g/mol. The van der Waals surface area contributed by atoms with Crippen LogP contribution >= 0.6 is 0 Å². The van der Waals surface area contributed by atoms with E-state index in [1.165, 1.54) is 6.92 Å². The van der Waals surface area contributed by atoms with E-state index in [2.05, 4.69) is 5.32 Å². The Kier molecular flexibility index (Phi) is 5.69. The van der Waals surface area contributed by atoms with Crippen LogP contribution < -0.4 is 5.32 Å². The standard InChI is InChI=1S/C20H21NO6S/c1-13(19(23)21-17-10-11-28(25,26)12-17)27-20(24)16-4-2-14(3-5-16)15-6-8-18(22)9-7-15/h2-9,13,17,22H,10-12H2,1H3,(H,21,23)/t13-,17+/m0/s1. The van der Waals surface area contributed by atoms with Crippen LogP contribution in [0.5, 0.6) is 5.75 Å². The molecule has 0 radical (unpaired) electrons. The van der Waals surface area contributed by atoms with E-state index in [1.54, 1.807) is 48.5 Å². The fourth-order valence-electron chi connectivity index (χ4n) is 2.96. The summed E-state index contributed by atoms with van der Waals surface area (Å²) in [5, 5.41) is 12.0. The minimum atomic E-state index is -3.10. The quantitative estimate of drug-likeness (QED) is 0.738. The summed E-state index contributed by atoms with van der Waals surface area (Å²) >= 11 is 0. The van der Waals surface area contributed by atoms with Crippen molar-refractivity contribution in [2.45, 2.75) is 25.5 Å². The first-order valence-electron chi connectivity index (χ1n) is 8.85. The van der Waals surface area contributed by atoms with E-state index in [1.807, 2.05) is 0 Å². The SMILES string of the molecule is C[C@H](OC(=O)c1ccc(-c2ccc(O)cc2)cc1)C(=O)N[C@@H]1CCS(=O)(=O)C1. The van der Waals surface area contributed by atoms with Crippen molar-refractivity contribution < 1.29 is 27.9 Å². The minimum absolute atomic E-state index is 0.0551. The van der Waals surface area contributed by atoms with Gasteiger partial charge in [0.1, 0.15) is 5.75 Å². The average molecular weight is 403 g/mol. The molecule has 8 heteroatoms. The van der Waals surface area contributed by atoms with E-state index >= 15 is 0 Å². The van der Waals surface area contributed by atoms with E-state index in [9.17, 15) is 23.1 Å². The molecular formula is C20H21NO6S. The van der Waals surface area contributed by atoms with E-state index in [0.29, 0.717) is 12.0 Å². The molecule has 3 rings (SSSR count). The first-order valence-corrected chi connectivity index (χ1v) is 10.7. The second-order valence-corrected chi connectivity index (χ2v) is 9.01. The third kappa shape index (κ3) is 4.89. The highest BCUT2D eigenvalue weighted by Crippen LogP contribution is 2.22. The van der Waals surface area contributed by atoms with Gasteiger partial charge in [0.15, 0.2) is 15.9 Å². The maximum Gasteiger partial charge on any atom is 0.338 e. The van der Waals surface area contributed by atoms with E-state index in [0.717, 1.165) is 11.1 Å². The van der Waals surface area contributed by atoms with Crippen molar-refractivity contribution in [3.63, 3.8) is 0 Å². The predicted molar refractivity (Wildman–Crippen MR) is 104 cm³/mol. The van der Waals surface area contributed by atoms with Crippen molar-refractivity contribution in [3.8, 4) is 16.9 Å². The Morgan fingerprint density at radius 2 is 1.64 bits per heavy atom. The molecule has 0 spiro atoms. The van der Waals surface area contributed by atoms with Crippen LogP contribution in [0, 0.1) is 0 Å². The van der Waals surface area contributed by atoms with Crippen molar-refractivity contribution in [1.29, 1.82) is 0 Å². The number of hydrogen-bond acceptors (Lipinski definition) is 6. The van der Waals surface area contributed by atoms with Crippen LogP contribution in [0.4, 0.5) is 0 Å². The number of phenols is 1. The van der Waals surface area contributed by atoms with Crippen LogP contribution in [-0.4, -0.2) is 49.1 Å². The number of rotatable bonds is 5. The lowest BCUT2D eigenvalue weighted by Crippen LogP contribution is -2.42. The molecule has 2 aromatic rings. The van der Waals surface area contributed by atoms with Gasteiger partial charge in [0, 0.05) is 6.04 Å². The highest BCUT2D eigenvalue weighted by molar-refractivity contribution is 7.91. The molecule has 28 heavy (non-hydrogen) atoms. The Bertz CT molecular complexity index is 967. The zero-order valence-corrected chi connectivity index (χ0v) is 16.1. The second-order valence-electron chi connectivity index (χ2n) is 6.78. The number of aromatic hydroxyl groups is 1. The number of hydrogen-bond donors (Lipinski definition) is 2. The number of sulfone groups is 1. The smallest absolute Gasteiger partial charge is 0.338 e. The summed E-state index contributed by atoms with van der Waals surface area (Å²) in [6.07, 6.45) is -0.666. The Labute approximate surface area is 163 Å². The molecule has 0 unspecified atom stereocenters. The maximum atomic E-state index is 12.3. The summed E-state index contributed by atoms with van der Waals surface area (Å²) in [6.45, 7) is 1.45. The van der Waals surface area contributed by atoms with Crippen LogP contribution in [0.15, 0.2) is 48.5 Å². The molecule has 0 aliphatic carbocycles. The van der Waals surface area contributed by atoms with Crippen LogP contribution in [0.1, 0.15) is 23.7 Å². The van der Waals surface area contributed by atoms with Gasteiger partial charge < -0.3 is 15.2 Å². The zero-order valence-electron chi connectivity index (χ0n) is 15.3. The first kappa shape index (κ1) is 19.9. The molecule has 1 fully saturated rings. The van der Waals surface area contributed by atoms with Gasteiger partial charge in [-0.25, -0.2) is 13.2 Å². The van der Waals surface area contributed by atoms with Crippen molar-refractivity contribution in [2.75, 3.05) is 11.5 Å². The van der Waals surface area contributed by atoms with Gasteiger partial charge in [0.25, 0.3) is 5.91 Å². The van der Waals surface area contributed by atoms with Gasteiger partial charge in [-0.2, -0.15) is 0 Å². The molecule has 0 aromatic heterocycles. The second kappa shape index (κ2) is 8.02. The average Bonchev–Trinajstić information content (AvgIpc) is 3.00. The largest absolute Gasteiger partial charge is 0.508 e. The van der Waals surface area contributed by atoms with Gasteiger partial charge in [-0.3, -0.25) is 4.79 Å². The van der Waals surface area contributed by atoms with Gasteiger partial charge in [0.2, 0.25) is 0 Å². The third-order valence-electron chi connectivity index (χ3n) is 4.55. The summed E-state index contributed by atoms with van der Waals surface area (Å²) in [5.74, 6) is -1.01. The molecule has 1 amide bonds. The van der Waals surface area contributed by atoms with Gasteiger partial charge in [-0.05, 0) is 48.7 Å². The topological polar surface area (TPSA) is 110 Å². The molecule has 1 aliphatic heterocycles. The predicted octanol–water partition coefficient (Wildman–Crippen LogP) is 1.91. The molecule has 2 atom stereocenters. The lowest BCUT2D eigenvalue weighted by molar-refractivity contribution is -0.129. The molecule has 148 valence electrons. The van der Waals surface area contributed by atoms with Crippen LogP contribution in [-0.2, 0) is 19.4 Å². The molecule has 1 aliphatic rings. The fourth-order valence-corrected chi connectivity index (χ4v) is 4.64. The van der Waals surface area contributed by atoms with Crippen molar-refractivity contribution >= 4 is 21.7 Å². The minimum Gasteiger partial charge on any atom is -0.508 e. The molecule has 0 saturated carbocycles. The van der Waals surface area contributed by atoms with Gasteiger partial charge in [-0.15, -0.1) is 0 Å². The van der Waals surface area contributed by atoms with Crippen LogP contribution in [0.25, 0.3) is 11.1 Å². The fraction of sp³-hybridized carbons (Fsp3) is 0.300. The molecule has 2 N–H and O–H groups in total. The van der Waals surface area contributed by atoms with E-state index < -0.39 is 33.9 Å². The summed E-state index contributed by atoms with van der Waals surface area (Å²) in [5.41, 5.74) is 2.05. The summed E-state index contributed by atoms with van der Waals surface area (Å²) in [4.78, 5) is 24.4. The molecule has 7 nitrogen and oxygen atoms in total. The Balaban J connectivity index is 1.57. The molecule has 0 bridgehead atoms. The van der Waals surface area contributed by atoms with Crippen molar-refractivity contribution in [1.82, 2.24) is 5.32 Å². The van der Waals surface area contributed by atoms with Gasteiger partial charge in [0.05, 0.1) is 17.1 Å². The van der Waals surface area contributed by atoms with Gasteiger partial charge >= 0.3 is 5.97 Å². The lowest BCUT2D eigenvalue weighted by Gasteiger charge is -2.16. The number of benzene rings is 2. The van der Waals surface area contributed by atoms with E-state index in [-0.39, 0.29) is 17.3 Å². The number of carbonyl (C=O) groups is 2. The number of phenolic OH excluding ortho intramolecular Hbond substituents is 1. The summed E-state index contributed by atoms with van der Waals surface area (Å²) < 4.78 is 28.1. The van der Waals surface area contributed by atoms with E-state index in [4.69, 9.17) is 4.74 Å². The number of ether oxygens (including phenoxy) is 1. The van der Waals surface area contributed by atoms with Crippen molar-refractivity contribution in [3.05, 3.63) is 54.1 Å². The maximum absolute atomic E-state index is 12.3. The zero-order chi connectivity index (χ0) is 20.3. The Morgan fingerprint density at radius 3 is 2.18 bits per heavy atom. The summed E-state index contributed by atoms with van der Waals surface area (Å²) in [7, 11) is -3.10. The highest BCUT2D eigenvalue weighted by Gasteiger charge is 2.30. The Hall–Kier alpha value is -2.87. The van der Waals surface area contributed by atoms with Gasteiger partial charge in [-0.1, -0.05) is 24.3 Å². The molecule has 2 aromatic carbocycles. The highest BCUT2D eigenvalue weighted by atomic mass is 32.2. The van der Waals surface area contributed by atoms with Crippen molar-refractivity contribution in [2.24, 2.45) is 0 Å². The van der Waals surface area contributed by atoms with Crippen LogP contribution in [0.2, 0.25) is 0 Å². The number of nitrogens with one attached hydrogen (secondary N) is 1.